The van der Waals surface area contributed by atoms with Crippen molar-refractivity contribution in [2.75, 3.05) is 0 Å². The molecule has 3 aromatic rings. The number of nitrogens with one attached hydrogen (secondary N) is 1. The number of fused-ring (bicyclic) bond motifs is 1. The van der Waals surface area contributed by atoms with Crippen molar-refractivity contribution in [2.45, 2.75) is 33.6 Å². The van der Waals surface area contributed by atoms with Gasteiger partial charge in [-0.05, 0) is 43.5 Å². The van der Waals surface area contributed by atoms with Crippen LogP contribution in [0.4, 0.5) is 0 Å². The monoisotopic (exact) mass is 334 g/mol. The van der Waals surface area contributed by atoms with E-state index in [2.05, 4.69) is 25.8 Å². The lowest BCUT2D eigenvalue weighted by Gasteiger charge is -2.08. The Balaban J connectivity index is 0.00000176. The largest absolute Gasteiger partial charge is 0.357 e. The van der Waals surface area contributed by atoms with Gasteiger partial charge in [-0.25, -0.2) is 0 Å². The lowest BCUT2D eigenvalue weighted by Crippen LogP contribution is -1.92. The third kappa shape index (κ3) is 2.86. The van der Waals surface area contributed by atoms with Crippen molar-refractivity contribution in [3.63, 3.8) is 0 Å². The molecule has 0 aliphatic rings. The molecule has 2 aromatic heterocycles. The molecular weight excluding hydrogens is 315 g/mol. The fraction of sp³-hybridized carbons (Fsp3) is 0.278. The molecule has 22 heavy (non-hydrogen) atoms. The molecule has 0 saturated carbocycles. The van der Waals surface area contributed by atoms with Crippen molar-refractivity contribution in [1.82, 2.24) is 9.97 Å². The number of halogens is 2. The molecule has 0 atom stereocenters. The summed E-state index contributed by atoms with van der Waals surface area (Å²) >= 11 is 5.98. The Morgan fingerprint density at radius 2 is 1.82 bits per heavy atom. The highest BCUT2D eigenvalue weighted by Gasteiger charge is 2.14. The van der Waals surface area contributed by atoms with Crippen LogP contribution in [0.3, 0.4) is 0 Å². The number of benzene rings is 1. The molecule has 0 saturated heterocycles. The molecule has 0 amide bonds. The molecule has 3 rings (SSSR count). The predicted octanol–water partition coefficient (Wildman–Crippen LogP) is 5.87. The van der Waals surface area contributed by atoms with Crippen molar-refractivity contribution in [1.29, 1.82) is 0 Å². The van der Waals surface area contributed by atoms with Crippen LogP contribution >= 0.6 is 24.0 Å². The van der Waals surface area contributed by atoms with Crippen LogP contribution in [-0.2, 0) is 6.42 Å². The Morgan fingerprint density at radius 3 is 2.45 bits per heavy atom. The fourth-order valence-electron chi connectivity index (χ4n) is 2.85. The number of aryl methyl sites for hydroxylation is 3. The zero-order valence-electron chi connectivity index (χ0n) is 13.0. The van der Waals surface area contributed by atoms with Gasteiger partial charge in [-0.1, -0.05) is 37.1 Å². The molecule has 0 radical (unpaired) electrons. The summed E-state index contributed by atoms with van der Waals surface area (Å²) in [5.41, 5.74) is 7.09. The van der Waals surface area contributed by atoms with Gasteiger partial charge in [0.15, 0.2) is 0 Å². The van der Waals surface area contributed by atoms with Crippen molar-refractivity contribution >= 4 is 34.9 Å². The fourth-order valence-corrected chi connectivity index (χ4v) is 2.98. The van der Waals surface area contributed by atoms with E-state index in [1.165, 1.54) is 22.2 Å². The second kappa shape index (κ2) is 6.72. The molecule has 1 N–H and O–H groups in total. The number of rotatable bonds is 3. The van der Waals surface area contributed by atoms with Crippen LogP contribution in [0, 0.1) is 13.8 Å². The first-order chi connectivity index (χ1) is 10.1. The van der Waals surface area contributed by atoms with Gasteiger partial charge in [0.1, 0.15) is 0 Å². The topological polar surface area (TPSA) is 28.7 Å². The molecule has 116 valence electrons. The Bertz CT molecular complexity index is 789. The maximum absolute atomic E-state index is 5.98. The molecule has 2 heterocycles. The summed E-state index contributed by atoms with van der Waals surface area (Å²) in [7, 11) is 0. The number of nitrogens with zero attached hydrogens (tertiary/aromatic N) is 1. The second-order valence-corrected chi connectivity index (χ2v) is 5.95. The normalized spacial score (nSPS) is 10.7. The average molecular weight is 335 g/mol. The summed E-state index contributed by atoms with van der Waals surface area (Å²) in [5.74, 6) is 0. The quantitative estimate of drug-likeness (QED) is 0.637. The van der Waals surface area contributed by atoms with E-state index in [0.29, 0.717) is 0 Å². The first-order valence-corrected chi connectivity index (χ1v) is 7.72. The lowest BCUT2D eigenvalue weighted by molar-refractivity contribution is 0.923. The second-order valence-electron chi connectivity index (χ2n) is 5.51. The van der Waals surface area contributed by atoms with Gasteiger partial charge in [0, 0.05) is 27.9 Å². The maximum Gasteiger partial charge on any atom is 0.0943 e. The van der Waals surface area contributed by atoms with Gasteiger partial charge in [0.2, 0.25) is 0 Å². The number of H-pyrrole nitrogens is 1. The minimum absolute atomic E-state index is 0. The summed E-state index contributed by atoms with van der Waals surface area (Å²) in [4.78, 5) is 8.22. The first-order valence-electron chi connectivity index (χ1n) is 7.34. The summed E-state index contributed by atoms with van der Waals surface area (Å²) < 4.78 is 0. The van der Waals surface area contributed by atoms with Crippen LogP contribution in [0.15, 0.2) is 30.5 Å². The third-order valence-electron chi connectivity index (χ3n) is 4.04. The predicted molar refractivity (Wildman–Crippen MR) is 97.3 cm³/mol. The highest BCUT2D eigenvalue weighted by molar-refractivity contribution is 6.30. The maximum atomic E-state index is 5.98. The number of hydrogen-bond acceptors (Lipinski definition) is 1. The minimum Gasteiger partial charge on any atom is -0.357 e. The standard InChI is InChI=1S/C18H19ClN2.ClH/c1-4-5-14-10-20-17(13-6-8-15(19)9-7-13)18-16(14)11(2)12(3)21-18;/h6-10,21H,4-5H2,1-3H3;1H. The van der Waals surface area contributed by atoms with Gasteiger partial charge < -0.3 is 4.98 Å². The van der Waals surface area contributed by atoms with Crippen molar-refractivity contribution in [3.05, 3.63) is 52.3 Å². The van der Waals surface area contributed by atoms with E-state index < -0.39 is 0 Å². The minimum atomic E-state index is 0. The van der Waals surface area contributed by atoms with Gasteiger partial charge in [0.25, 0.3) is 0 Å². The number of hydrogen-bond donors (Lipinski definition) is 1. The Morgan fingerprint density at radius 1 is 1.14 bits per heavy atom. The van der Waals surface area contributed by atoms with Gasteiger partial charge in [0.05, 0.1) is 11.2 Å². The van der Waals surface area contributed by atoms with E-state index in [1.807, 2.05) is 30.5 Å². The van der Waals surface area contributed by atoms with Gasteiger partial charge >= 0.3 is 0 Å². The van der Waals surface area contributed by atoms with E-state index in [4.69, 9.17) is 16.6 Å². The summed E-state index contributed by atoms with van der Waals surface area (Å²) in [6, 6.07) is 7.87. The summed E-state index contributed by atoms with van der Waals surface area (Å²) in [6.45, 7) is 6.50. The van der Waals surface area contributed by atoms with E-state index in [-0.39, 0.29) is 12.4 Å². The average Bonchev–Trinajstić information content (AvgIpc) is 2.77. The zero-order valence-corrected chi connectivity index (χ0v) is 14.6. The molecule has 0 spiro atoms. The molecule has 0 aliphatic carbocycles. The first kappa shape index (κ1) is 16.9. The number of aromatic nitrogens is 2. The van der Waals surface area contributed by atoms with Crippen LogP contribution in [0.2, 0.25) is 5.02 Å². The molecule has 0 bridgehead atoms. The van der Waals surface area contributed by atoms with E-state index in [9.17, 15) is 0 Å². The van der Waals surface area contributed by atoms with E-state index >= 15 is 0 Å². The van der Waals surface area contributed by atoms with E-state index in [0.717, 1.165) is 34.6 Å². The van der Waals surface area contributed by atoms with Crippen LogP contribution in [0.5, 0.6) is 0 Å². The number of aromatic amines is 1. The summed E-state index contributed by atoms with van der Waals surface area (Å²) in [6.07, 6.45) is 4.21. The van der Waals surface area contributed by atoms with Crippen LogP contribution in [0.1, 0.15) is 30.2 Å². The molecule has 1 aromatic carbocycles. The molecular formula is C18H20Cl2N2. The molecule has 0 unspecified atom stereocenters. The van der Waals surface area contributed by atoms with E-state index in [1.54, 1.807) is 0 Å². The molecule has 0 fully saturated rings. The molecule has 0 aliphatic heterocycles. The summed E-state index contributed by atoms with van der Waals surface area (Å²) in [5, 5.41) is 2.07. The van der Waals surface area contributed by atoms with Gasteiger partial charge in [-0.15, -0.1) is 12.4 Å². The lowest BCUT2D eigenvalue weighted by atomic mass is 10.0. The highest BCUT2D eigenvalue weighted by atomic mass is 35.5. The van der Waals surface area contributed by atoms with Crippen LogP contribution < -0.4 is 0 Å². The van der Waals surface area contributed by atoms with Crippen LogP contribution in [0.25, 0.3) is 22.2 Å². The highest BCUT2D eigenvalue weighted by Crippen LogP contribution is 2.32. The van der Waals surface area contributed by atoms with Crippen molar-refractivity contribution < 1.29 is 0 Å². The third-order valence-corrected chi connectivity index (χ3v) is 4.30. The van der Waals surface area contributed by atoms with Crippen molar-refractivity contribution in [2.24, 2.45) is 0 Å². The smallest absolute Gasteiger partial charge is 0.0943 e. The van der Waals surface area contributed by atoms with Gasteiger partial charge in [-0.2, -0.15) is 0 Å². The number of pyridine rings is 1. The van der Waals surface area contributed by atoms with Crippen molar-refractivity contribution in [3.8, 4) is 11.3 Å². The Labute approximate surface area is 142 Å². The Hall–Kier alpha value is -1.51. The SMILES string of the molecule is CCCc1cnc(-c2ccc(Cl)cc2)c2[nH]c(C)c(C)c12.Cl. The Kier molecular flexibility index (Phi) is 5.15. The molecule has 2 nitrogen and oxygen atoms in total. The van der Waals surface area contributed by atoms with Gasteiger partial charge in [-0.3, -0.25) is 4.98 Å². The molecule has 4 heteroatoms. The zero-order chi connectivity index (χ0) is 15.0. The van der Waals surface area contributed by atoms with Crippen LogP contribution in [-0.4, -0.2) is 9.97 Å².